The van der Waals surface area contributed by atoms with Crippen LogP contribution in [0.5, 0.6) is 5.88 Å². The fourth-order valence-electron chi connectivity index (χ4n) is 3.17. The van der Waals surface area contributed by atoms with Crippen LogP contribution in [0.15, 0.2) is 6.33 Å². The van der Waals surface area contributed by atoms with E-state index in [1.165, 1.54) is 30.5 Å². The first-order valence-electron chi connectivity index (χ1n) is 8.19. The van der Waals surface area contributed by atoms with Gasteiger partial charge in [-0.15, -0.1) is 11.3 Å². The third-order valence-corrected chi connectivity index (χ3v) is 5.84. The molecule has 0 aliphatic heterocycles. The van der Waals surface area contributed by atoms with Crippen LogP contribution >= 0.6 is 11.3 Å². The van der Waals surface area contributed by atoms with Gasteiger partial charge in [0, 0.05) is 10.9 Å². The second-order valence-electron chi connectivity index (χ2n) is 6.37. The van der Waals surface area contributed by atoms with E-state index in [4.69, 9.17) is 4.74 Å². The van der Waals surface area contributed by atoms with Gasteiger partial charge in [-0.25, -0.2) is 9.97 Å². The molecule has 1 aliphatic rings. The van der Waals surface area contributed by atoms with Crippen LogP contribution in [0, 0.1) is 19.8 Å². The number of fused-ring (bicyclic) bond motifs is 1. The second-order valence-corrected chi connectivity index (χ2v) is 7.57. The monoisotopic (exact) mass is 333 g/mol. The van der Waals surface area contributed by atoms with E-state index in [0.717, 1.165) is 22.2 Å². The maximum atomic E-state index is 12.2. The number of thiophene rings is 1. The van der Waals surface area contributed by atoms with Gasteiger partial charge in [0.1, 0.15) is 11.2 Å². The summed E-state index contributed by atoms with van der Waals surface area (Å²) in [4.78, 5) is 22.8. The molecule has 1 saturated carbocycles. The number of carbonyl (C=O) groups is 1. The van der Waals surface area contributed by atoms with Gasteiger partial charge < -0.3 is 10.1 Å². The molecule has 0 radical (unpaired) electrons. The number of rotatable bonds is 4. The standard InChI is InChI=1S/C17H23N3O2S/c1-10-6-4-5-7-13(10)20-14(21)8-22-16-15-11(2)12(3)23-17(15)19-9-18-16/h9-10,13H,4-8H2,1-3H3,(H,20,21). The molecule has 0 aromatic carbocycles. The zero-order valence-electron chi connectivity index (χ0n) is 13.9. The molecule has 1 amide bonds. The molecule has 3 rings (SSSR count). The van der Waals surface area contributed by atoms with Gasteiger partial charge in [-0.3, -0.25) is 4.79 Å². The molecule has 2 aromatic rings. The van der Waals surface area contributed by atoms with Crippen molar-refractivity contribution in [1.29, 1.82) is 0 Å². The molecule has 0 bridgehead atoms. The average molecular weight is 333 g/mol. The van der Waals surface area contributed by atoms with Gasteiger partial charge >= 0.3 is 0 Å². The van der Waals surface area contributed by atoms with Crippen molar-refractivity contribution in [3.05, 3.63) is 16.8 Å². The number of ether oxygens (including phenoxy) is 1. The summed E-state index contributed by atoms with van der Waals surface area (Å²) in [6, 6.07) is 0.274. The number of hydrogen-bond acceptors (Lipinski definition) is 5. The molecule has 1 N–H and O–H groups in total. The Kier molecular flexibility index (Phi) is 4.80. The summed E-state index contributed by atoms with van der Waals surface area (Å²) >= 11 is 1.62. The molecule has 1 aliphatic carbocycles. The topological polar surface area (TPSA) is 64.1 Å². The molecular weight excluding hydrogens is 310 g/mol. The van der Waals surface area contributed by atoms with Crippen LogP contribution < -0.4 is 10.1 Å². The molecule has 2 unspecified atom stereocenters. The van der Waals surface area contributed by atoms with Crippen molar-refractivity contribution < 1.29 is 9.53 Å². The molecule has 23 heavy (non-hydrogen) atoms. The SMILES string of the molecule is Cc1sc2ncnc(OCC(=O)NC3CCCCC3C)c2c1C. The highest BCUT2D eigenvalue weighted by Gasteiger charge is 2.23. The van der Waals surface area contributed by atoms with Crippen LogP contribution in [0.1, 0.15) is 43.0 Å². The zero-order valence-corrected chi connectivity index (χ0v) is 14.7. The molecule has 5 nitrogen and oxygen atoms in total. The Balaban J connectivity index is 1.65. The van der Waals surface area contributed by atoms with Crippen LogP contribution in [0.25, 0.3) is 10.2 Å². The number of aromatic nitrogens is 2. The Morgan fingerprint density at radius 3 is 2.91 bits per heavy atom. The summed E-state index contributed by atoms with van der Waals surface area (Å²) in [5, 5.41) is 4.03. The van der Waals surface area contributed by atoms with Gasteiger partial charge in [-0.2, -0.15) is 0 Å². The van der Waals surface area contributed by atoms with E-state index >= 15 is 0 Å². The Labute approximate surface area is 140 Å². The number of amides is 1. The van der Waals surface area contributed by atoms with Crippen molar-refractivity contribution >= 4 is 27.5 Å². The number of nitrogens with zero attached hydrogens (tertiary/aromatic N) is 2. The van der Waals surface area contributed by atoms with Crippen LogP contribution in [0.3, 0.4) is 0 Å². The van der Waals surface area contributed by atoms with Crippen molar-refractivity contribution in [2.24, 2.45) is 5.92 Å². The van der Waals surface area contributed by atoms with Crippen LogP contribution in [-0.4, -0.2) is 28.5 Å². The third kappa shape index (κ3) is 3.47. The van der Waals surface area contributed by atoms with Crippen molar-refractivity contribution in [3.8, 4) is 5.88 Å². The lowest BCUT2D eigenvalue weighted by atomic mass is 9.86. The van der Waals surface area contributed by atoms with E-state index in [2.05, 4.69) is 29.1 Å². The zero-order chi connectivity index (χ0) is 16.4. The highest BCUT2D eigenvalue weighted by molar-refractivity contribution is 7.18. The van der Waals surface area contributed by atoms with Gasteiger partial charge in [0.2, 0.25) is 5.88 Å². The van der Waals surface area contributed by atoms with Gasteiger partial charge in [-0.05, 0) is 38.2 Å². The number of aryl methyl sites for hydroxylation is 2. The number of hydrogen-bond donors (Lipinski definition) is 1. The minimum absolute atomic E-state index is 0.00364. The molecule has 2 heterocycles. The van der Waals surface area contributed by atoms with Crippen LogP contribution in [-0.2, 0) is 4.79 Å². The Bertz CT molecular complexity index is 713. The van der Waals surface area contributed by atoms with Crippen LogP contribution in [0.2, 0.25) is 0 Å². The number of nitrogens with one attached hydrogen (secondary N) is 1. The highest BCUT2D eigenvalue weighted by atomic mass is 32.1. The van der Waals surface area contributed by atoms with Gasteiger partial charge in [0.15, 0.2) is 6.61 Å². The van der Waals surface area contributed by atoms with Crippen LogP contribution in [0.4, 0.5) is 0 Å². The first kappa shape index (κ1) is 16.2. The van der Waals surface area contributed by atoms with Crippen molar-refractivity contribution in [2.75, 3.05) is 6.61 Å². The summed E-state index contributed by atoms with van der Waals surface area (Å²) < 4.78 is 5.70. The van der Waals surface area contributed by atoms with Gasteiger partial charge in [0.05, 0.1) is 5.39 Å². The predicted molar refractivity (Wildman–Crippen MR) is 91.9 cm³/mol. The van der Waals surface area contributed by atoms with E-state index < -0.39 is 0 Å². The summed E-state index contributed by atoms with van der Waals surface area (Å²) in [7, 11) is 0. The molecule has 1 fully saturated rings. The molecule has 0 saturated heterocycles. The Hall–Kier alpha value is -1.69. The first-order valence-corrected chi connectivity index (χ1v) is 9.00. The first-order chi connectivity index (χ1) is 11.1. The minimum Gasteiger partial charge on any atom is -0.467 e. The van der Waals surface area contributed by atoms with E-state index in [-0.39, 0.29) is 18.6 Å². The molecule has 6 heteroatoms. The van der Waals surface area contributed by atoms with Gasteiger partial charge in [-0.1, -0.05) is 19.8 Å². The maximum Gasteiger partial charge on any atom is 0.258 e. The Morgan fingerprint density at radius 1 is 1.35 bits per heavy atom. The van der Waals surface area contributed by atoms with E-state index in [1.807, 2.05) is 6.92 Å². The second kappa shape index (κ2) is 6.83. The normalized spacial score (nSPS) is 21.3. The summed E-state index contributed by atoms with van der Waals surface area (Å²) in [6.07, 6.45) is 6.20. The maximum absolute atomic E-state index is 12.2. The molecule has 2 aromatic heterocycles. The average Bonchev–Trinajstić information content (AvgIpc) is 2.83. The molecule has 124 valence electrons. The minimum atomic E-state index is -0.0693. The van der Waals surface area contributed by atoms with Crippen molar-refractivity contribution in [1.82, 2.24) is 15.3 Å². The lowest BCUT2D eigenvalue weighted by molar-refractivity contribution is -0.124. The highest BCUT2D eigenvalue weighted by Crippen LogP contribution is 2.33. The lowest BCUT2D eigenvalue weighted by Gasteiger charge is -2.29. The molecular formula is C17H23N3O2S. The van der Waals surface area contributed by atoms with E-state index in [9.17, 15) is 4.79 Å². The van der Waals surface area contributed by atoms with Crippen molar-refractivity contribution in [3.63, 3.8) is 0 Å². The largest absolute Gasteiger partial charge is 0.467 e. The van der Waals surface area contributed by atoms with E-state index in [1.54, 1.807) is 11.3 Å². The molecule has 2 atom stereocenters. The lowest BCUT2D eigenvalue weighted by Crippen LogP contribution is -2.43. The number of carbonyl (C=O) groups excluding carboxylic acids is 1. The smallest absolute Gasteiger partial charge is 0.258 e. The fraction of sp³-hybridized carbons (Fsp3) is 0.588. The molecule has 0 spiro atoms. The third-order valence-electron chi connectivity index (χ3n) is 4.73. The quantitative estimate of drug-likeness (QED) is 0.931. The predicted octanol–water partition coefficient (Wildman–Crippen LogP) is 3.38. The van der Waals surface area contributed by atoms with Crippen molar-refractivity contribution in [2.45, 2.75) is 52.5 Å². The summed E-state index contributed by atoms with van der Waals surface area (Å²) in [5.74, 6) is 0.976. The van der Waals surface area contributed by atoms with E-state index in [0.29, 0.717) is 11.8 Å². The fourth-order valence-corrected chi connectivity index (χ4v) is 4.16. The Morgan fingerprint density at radius 2 is 2.13 bits per heavy atom. The summed E-state index contributed by atoms with van der Waals surface area (Å²) in [5.41, 5.74) is 1.13. The van der Waals surface area contributed by atoms with Gasteiger partial charge in [0.25, 0.3) is 5.91 Å². The summed E-state index contributed by atoms with van der Waals surface area (Å²) in [6.45, 7) is 6.30.